The quantitative estimate of drug-likeness (QED) is 0.395. The maximum absolute atomic E-state index is 10.9. The summed E-state index contributed by atoms with van der Waals surface area (Å²) < 4.78 is 0. The zero-order valence-corrected chi connectivity index (χ0v) is 7.61. The number of carbonyl (C=O) groups is 1. The Balaban J connectivity index is 4.05. The number of aliphatic hydroxyl groups excluding tert-OH is 2. The molecule has 12 heavy (non-hydrogen) atoms. The summed E-state index contributed by atoms with van der Waals surface area (Å²) in [6.45, 7) is 4.61. The Kier molecular flexibility index (Phi) is 4.80. The summed E-state index contributed by atoms with van der Waals surface area (Å²) in [6, 6.07) is 0. The molecule has 0 bridgehead atoms. The van der Waals surface area contributed by atoms with Crippen molar-refractivity contribution in [3.8, 4) is 0 Å². The first-order chi connectivity index (χ1) is 5.49. The van der Waals surface area contributed by atoms with Crippen molar-refractivity contribution in [3.63, 3.8) is 0 Å². The van der Waals surface area contributed by atoms with Gasteiger partial charge in [0.1, 0.15) is 12.5 Å². The molecule has 0 aromatic carbocycles. The van der Waals surface area contributed by atoms with Crippen molar-refractivity contribution in [2.45, 2.75) is 39.6 Å². The third kappa shape index (κ3) is 3.66. The largest absolute Gasteiger partial charge is 0.377 e. The molecular weight excluding hydrogens is 160 g/mol. The Labute approximate surface area is 72.0 Å². The van der Waals surface area contributed by atoms with Crippen molar-refractivity contribution in [2.75, 3.05) is 0 Å². The van der Waals surface area contributed by atoms with Gasteiger partial charge in [-0.1, -0.05) is 6.92 Å². The minimum absolute atomic E-state index is 0.239. The standard InChI is InChI=1S/C7H16N2O3/c1-4-7(12)8-9(5(2)10)6(3)11/h5-6,10-11H,4H2,1-3H3,(H,8,12). The fourth-order valence-electron chi connectivity index (χ4n) is 0.722. The number of carbonyl (C=O) groups excluding carboxylic acids is 1. The molecule has 0 aliphatic carbocycles. The average molecular weight is 176 g/mol. The lowest BCUT2D eigenvalue weighted by Gasteiger charge is -2.27. The molecule has 72 valence electrons. The summed E-state index contributed by atoms with van der Waals surface area (Å²) in [4.78, 5) is 10.9. The van der Waals surface area contributed by atoms with Crippen molar-refractivity contribution in [3.05, 3.63) is 0 Å². The maximum atomic E-state index is 10.9. The van der Waals surface area contributed by atoms with E-state index in [2.05, 4.69) is 5.43 Å². The summed E-state index contributed by atoms with van der Waals surface area (Å²) in [5, 5.41) is 19.2. The number of aliphatic hydroxyl groups is 2. The van der Waals surface area contributed by atoms with Crippen LogP contribution < -0.4 is 5.43 Å². The molecule has 0 aromatic rings. The highest BCUT2D eigenvalue weighted by Gasteiger charge is 2.17. The van der Waals surface area contributed by atoms with Gasteiger partial charge in [0.05, 0.1) is 0 Å². The van der Waals surface area contributed by atoms with Crippen LogP contribution in [0.3, 0.4) is 0 Å². The second-order valence-corrected chi connectivity index (χ2v) is 2.56. The van der Waals surface area contributed by atoms with Gasteiger partial charge in [0.25, 0.3) is 0 Å². The highest BCUT2D eigenvalue weighted by Crippen LogP contribution is 1.96. The molecule has 0 saturated carbocycles. The predicted molar refractivity (Wildman–Crippen MR) is 43.6 cm³/mol. The molecule has 0 fully saturated rings. The van der Waals surface area contributed by atoms with Gasteiger partial charge in [0, 0.05) is 6.42 Å². The van der Waals surface area contributed by atoms with Crippen LogP contribution in [0.25, 0.3) is 0 Å². The summed E-state index contributed by atoms with van der Waals surface area (Å²) in [7, 11) is 0. The Hall–Kier alpha value is -0.650. The molecule has 1 amide bonds. The Morgan fingerprint density at radius 3 is 2.08 bits per heavy atom. The molecule has 5 heteroatoms. The Morgan fingerprint density at radius 2 is 1.83 bits per heavy atom. The molecule has 0 spiro atoms. The van der Waals surface area contributed by atoms with E-state index in [1.807, 2.05) is 0 Å². The third-order valence-corrected chi connectivity index (χ3v) is 1.38. The van der Waals surface area contributed by atoms with Crippen LogP contribution in [0.2, 0.25) is 0 Å². The summed E-state index contributed by atoms with van der Waals surface area (Å²) >= 11 is 0. The molecule has 0 aliphatic rings. The van der Waals surface area contributed by atoms with Crippen LogP contribution in [0.15, 0.2) is 0 Å². The fourth-order valence-corrected chi connectivity index (χ4v) is 0.722. The second-order valence-electron chi connectivity index (χ2n) is 2.56. The van der Waals surface area contributed by atoms with Crippen LogP contribution in [0.1, 0.15) is 27.2 Å². The van der Waals surface area contributed by atoms with Crippen LogP contribution >= 0.6 is 0 Å². The van der Waals surface area contributed by atoms with E-state index in [1.54, 1.807) is 6.92 Å². The van der Waals surface area contributed by atoms with E-state index in [0.29, 0.717) is 6.42 Å². The fraction of sp³-hybridized carbons (Fsp3) is 0.857. The molecule has 3 N–H and O–H groups in total. The molecule has 2 unspecified atom stereocenters. The average Bonchev–Trinajstić information content (AvgIpc) is 1.98. The first-order valence-electron chi connectivity index (χ1n) is 3.93. The molecule has 2 atom stereocenters. The number of hydrazine groups is 1. The first kappa shape index (κ1) is 11.4. The van der Waals surface area contributed by atoms with Gasteiger partial charge in [0.2, 0.25) is 5.91 Å². The smallest absolute Gasteiger partial charge is 0.234 e. The molecule has 0 radical (unpaired) electrons. The zero-order valence-electron chi connectivity index (χ0n) is 7.61. The van der Waals surface area contributed by atoms with Crippen LogP contribution in [0.5, 0.6) is 0 Å². The lowest BCUT2D eigenvalue weighted by molar-refractivity contribution is -0.149. The molecule has 5 nitrogen and oxygen atoms in total. The van der Waals surface area contributed by atoms with Crippen LogP contribution in [0, 0.1) is 0 Å². The molecular formula is C7H16N2O3. The Bertz CT molecular complexity index is 140. The summed E-state index contributed by atoms with van der Waals surface area (Å²) in [5.74, 6) is -0.239. The number of nitrogens with zero attached hydrogens (tertiary/aromatic N) is 1. The van der Waals surface area contributed by atoms with Gasteiger partial charge in [-0.25, -0.2) is 0 Å². The molecule has 0 heterocycles. The van der Waals surface area contributed by atoms with E-state index in [4.69, 9.17) is 10.2 Å². The van der Waals surface area contributed by atoms with Gasteiger partial charge in [-0.05, 0) is 13.8 Å². The minimum atomic E-state index is -0.902. The van der Waals surface area contributed by atoms with Crippen molar-refractivity contribution in [1.82, 2.24) is 10.4 Å². The highest BCUT2D eigenvalue weighted by atomic mass is 16.3. The van der Waals surface area contributed by atoms with Crippen molar-refractivity contribution in [2.24, 2.45) is 0 Å². The second kappa shape index (κ2) is 5.08. The molecule has 0 aliphatic heterocycles. The maximum Gasteiger partial charge on any atom is 0.234 e. The monoisotopic (exact) mass is 176 g/mol. The highest BCUT2D eigenvalue weighted by molar-refractivity contribution is 5.74. The van der Waals surface area contributed by atoms with E-state index in [0.717, 1.165) is 5.01 Å². The minimum Gasteiger partial charge on any atom is -0.377 e. The topological polar surface area (TPSA) is 72.8 Å². The summed E-state index contributed by atoms with van der Waals surface area (Å²) in [5.41, 5.74) is 2.36. The van der Waals surface area contributed by atoms with E-state index < -0.39 is 12.5 Å². The van der Waals surface area contributed by atoms with E-state index >= 15 is 0 Å². The van der Waals surface area contributed by atoms with E-state index in [9.17, 15) is 4.79 Å². The lowest BCUT2D eigenvalue weighted by Crippen LogP contribution is -2.51. The zero-order chi connectivity index (χ0) is 9.72. The van der Waals surface area contributed by atoms with Gasteiger partial charge in [-0.15, -0.1) is 0 Å². The Morgan fingerprint density at radius 1 is 1.42 bits per heavy atom. The van der Waals surface area contributed by atoms with Crippen molar-refractivity contribution < 1.29 is 15.0 Å². The normalized spacial score (nSPS) is 15.8. The van der Waals surface area contributed by atoms with Gasteiger partial charge in [-0.3, -0.25) is 10.2 Å². The van der Waals surface area contributed by atoms with Gasteiger partial charge in [0.15, 0.2) is 0 Å². The van der Waals surface area contributed by atoms with Gasteiger partial charge < -0.3 is 10.2 Å². The van der Waals surface area contributed by atoms with E-state index in [1.165, 1.54) is 13.8 Å². The van der Waals surface area contributed by atoms with Crippen LogP contribution in [0.4, 0.5) is 0 Å². The van der Waals surface area contributed by atoms with Crippen LogP contribution in [-0.2, 0) is 4.79 Å². The predicted octanol–water partition coefficient (Wildman–Crippen LogP) is -0.594. The number of rotatable bonds is 4. The van der Waals surface area contributed by atoms with Crippen LogP contribution in [-0.4, -0.2) is 33.6 Å². The number of hydrogen-bond donors (Lipinski definition) is 3. The van der Waals surface area contributed by atoms with Crippen molar-refractivity contribution in [1.29, 1.82) is 0 Å². The number of amides is 1. The molecule has 0 rings (SSSR count). The lowest BCUT2D eigenvalue weighted by atomic mass is 10.4. The first-order valence-corrected chi connectivity index (χ1v) is 3.93. The van der Waals surface area contributed by atoms with Gasteiger partial charge in [-0.2, -0.15) is 5.01 Å². The third-order valence-electron chi connectivity index (χ3n) is 1.38. The van der Waals surface area contributed by atoms with Crippen molar-refractivity contribution >= 4 is 5.91 Å². The van der Waals surface area contributed by atoms with E-state index in [-0.39, 0.29) is 5.91 Å². The number of nitrogens with one attached hydrogen (secondary N) is 1. The molecule has 0 aromatic heterocycles. The summed E-state index contributed by atoms with van der Waals surface area (Å²) in [6.07, 6.45) is -1.49. The molecule has 0 saturated heterocycles. The SMILES string of the molecule is CCC(=O)NN(C(C)O)C(C)O. The number of hydrogen-bond acceptors (Lipinski definition) is 4. The van der Waals surface area contributed by atoms with Gasteiger partial charge >= 0.3 is 0 Å².